The minimum atomic E-state index is -1.03. The summed E-state index contributed by atoms with van der Waals surface area (Å²) in [6.07, 6.45) is 2.17. The summed E-state index contributed by atoms with van der Waals surface area (Å²) in [7, 11) is 0. The summed E-state index contributed by atoms with van der Waals surface area (Å²) in [5.74, 6) is -2.37. The van der Waals surface area contributed by atoms with Crippen molar-refractivity contribution in [1.82, 2.24) is 9.80 Å². The summed E-state index contributed by atoms with van der Waals surface area (Å²) in [5.41, 5.74) is 1.10. The molecule has 1 saturated heterocycles. The second kappa shape index (κ2) is 11.3. The molecule has 1 atom stereocenters. The van der Waals surface area contributed by atoms with Crippen LogP contribution in [0.1, 0.15) is 49.3 Å². The van der Waals surface area contributed by atoms with Gasteiger partial charge >= 0.3 is 5.97 Å². The molecule has 2 amide bonds. The standard InChI is InChI=1S/C26H27ClF2N2O5/c27-19-5-4-18(12-20(19)28)22(13-26(34)35)30(14-16-1-2-16)15-17-3-6-23(21(29)11-17)36-10-9-31-24(32)7-8-25(31)33/h3-6,11-12,16,22H,1-2,7-10,13-15H2,(H,34,35)/t22-/m1/s1. The van der Waals surface area contributed by atoms with Crippen molar-refractivity contribution in [2.75, 3.05) is 19.7 Å². The summed E-state index contributed by atoms with van der Waals surface area (Å²) in [5, 5.41) is 9.50. The maximum absolute atomic E-state index is 14.8. The fourth-order valence-electron chi connectivity index (χ4n) is 4.39. The minimum Gasteiger partial charge on any atom is -0.489 e. The summed E-state index contributed by atoms with van der Waals surface area (Å²) >= 11 is 5.82. The van der Waals surface area contributed by atoms with E-state index >= 15 is 0 Å². The first kappa shape index (κ1) is 26.0. The van der Waals surface area contributed by atoms with E-state index in [1.165, 1.54) is 24.3 Å². The second-order valence-electron chi connectivity index (χ2n) is 9.21. The van der Waals surface area contributed by atoms with Crippen molar-refractivity contribution in [2.24, 2.45) is 5.92 Å². The molecule has 7 nitrogen and oxygen atoms in total. The Balaban J connectivity index is 1.47. The van der Waals surface area contributed by atoms with Crippen molar-refractivity contribution >= 4 is 29.4 Å². The number of carboxylic acids is 1. The largest absolute Gasteiger partial charge is 0.489 e. The van der Waals surface area contributed by atoms with Gasteiger partial charge in [-0.1, -0.05) is 23.7 Å². The van der Waals surface area contributed by atoms with Gasteiger partial charge in [0.2, 0.25) is 11.8 Å². The van der Waals surface area contributed by atoms with Crippen LogP contribution < -0.4 is 4.74 Å². The molecular weight excluding hydrogens is 494 g/mol. The lowest BCUT2D eigenvalue weighted by Gasteiger charge is -2.31. The maximum atomic E-state index is 14.8. The number of hydrogen-bond acceptors (Lipinski definition) is 5. The van der Waals surface area contributed by atoms with E-state index in [0.29, 0.717) is 23.6 Å². The zero-order valence-corrected chi connectivity index (χ0v) is 20.3. The molecule has 0 bridgehead atoms. The van der Waals surface area contributed by atoms with Crippen molar-refractivity contribution in [3.8, 4) is 5.75 Å². The van der Waals surface area contributed by atoms with Crippen molar-refractivity contribution in [2.45, 2.75) is 44.7 Å². The normalized spacial score (nSPS) is 16.6. The van der Waals surface area contributed by atoms with Gasteiger partial charge in [0.15, 0.2) is 11.6 Å². The number of halogens is 3. The number of carbonyl (C=O) groups is 3. The van der Waals surface area contributed by atoms with Gasteiger partial charge in [0, 0.05) is 32.0 Å². The minimum absolute atomic E-state index is 0.00607. The molecular formula is C26H27ClF2N2O5. The highest BCUT2D eigenvalue weighted by molar-refractivity contribution is 6.30. The number of carbonyl (C=O) groups excluding carboxylic acids is 2. The van der Waals surface area contributed by atoms with Crippen LogP contribution in [0.2, 0.25) is 5.02 Å². The molecule has 1 aliphatic carbocycles. The van der Waals surface area contributed by atoms with E-state index in [9.17, 15) is 28.3 Å². The van der Waals surface area contributed by atoms with Crippen LogP contribution in [-0.2, 0) is 20.9 Å². The van der Waals surface area contributed by atoms with Gasteiger partial charge in [0.05, 0.1) is 18.0 Å². The molecule has 10 heteroatoms. The smallest absolute Gasteiger partial charge is 0.305 e. The van der Waals surface area contributed by atoms with Gasteiger partial charge in [-0.25, -0.2) is 8.78 Å². The van der Waals surface area contributed by atoms with Crippen LogP contribution in [0.4, 0.5) is 8.78 Å². The molecule has 2 aliphatic rings. The SMILES string of the molecule is O=C(O)C[C@H](c1ccc(Cl)c(F)c1)N(Cc1ccc(OCCN2C(=O)CCC2=O)c(F)c1)CC1CC1. The van der Waals surface area contributed by atoms with E-state index < -0.39 is 23.6 Å². The lowest BCUT2D eigenvalue weighted by Crippen LogP contribution is -2.33. The molecule has 2 aromatic carbocycles. The molecule has 36 heavy (non-hydrogen) atoms. The van der Waals surface area contributed by atoms with E-state index in [2.05, 4.69) is 0 Å². The highest BCUT2D eigenvalue weighted by Gasteiger charge is 2.31. The van der Waals surface area contributed by atoms with E-state index in [4.69, 9.17) is 16.3 Å². The number of ether oxygens (including phenoxy) is 1. The van der Waals surface area contributed by atoms with Gasteiger partial charge < -0.3 is 9.84 Å². The third-order valence-corrected chi connectivity index (χ3v) is 6.74. The van der Waals surface area contributed by atoms with Gasteiger partial charge in [-0.05, 0) is 54.2 Å². The van der Waals surface area contributed by atoms with Gasteiger partial charge in [-0.15, -0.1) is 0 Å². The van der Waals surface area contributed by atoms with Crippen LogP contribution in [0, 0.1) is 17.6 Å². The number of aliphatic carboxylic acids is 1. The number of rotatable bonds is 12. The highest BCUT2D eigenvalue weighted by atomic mass is 35.5. The van der Waals surface area contributed by atoms with Gasteiger partial charge in [0.25, 0.3) is 0 Å². The topological polar surface area (TPSA) is 87.2 Å². The Labute approximate surface area is 212 Å². The molecule has 0 aromatic heterocycles. The molecule has 1 heterocycles. The number of carboxylic acid groups (broad SMARTS) is 1. The molecule has 0 radical (unpaired) electrons. The Kier molecular flexibility index (Phi) is 8.21. The highest BCUT2D eigenvalue weighted by Crippen LogP contribution is 2.36. The summed E-state index contributed by atoms with van der Waals surface area (Å²) in [6.45, 7) is 0.888. The third-order valence-electron chi connectivity index (χ3n) is 6.44. The van der Waals surface area contributed by atoms with Gasteiger partial charge in [-0.2, -0.15) is 0 Å². The van der Waals surface area contributed by atoms with Crippen molar-refractivity contribution in [3.05, 3.63) is 64.2 Å². The molecule has 2 aromatic rings. The van der Waals surface area contributed by atoms with Crippen LogP contribution in [0.5, 0.6) is 5.75 Å². The van der Waals surface area contributed by atoms with Crippen LogP contribution in [0.15, 0.2) is 36.4 Å². The number of benzene rings is 2. The molecule has 1 saturated carbocycles. The zero-order chi connectivity index (χ0) is 25.8. The first-order valence-corrected chi connectivity index (χ1v) is 12.2. The van der Waals surface area contributed by atoms with Crippen molar-refractivity contribution < 1.29 is 33.0 Å². The van der Waals surface area contributed by atoms with E-state index in [-0.39, 0.29) is 61.5 Å². The molecule has 2 fully saturated rings. The monoisotopic (exact) mass is 520 g/mol. The van der Waals surface area contributed by atoms with E-state index in [1.807, 2.05) is 4.90 Å². The lowest BCUT2D eigenvalue weighted by molar-refractivity contribution is -0.140. The number of imide groups is 1. The quantitative estimate of drug-likeness (QED) is 0.412. The fourth-order valence-corrected chi connectivity index (χ4v) is 4.51. The predicted molar refractivity (Wildman–Crippen MR) is 127 cm³/mol. The van der Waals surface area contributed by atoms with Gasteiger partial charge in [-0.3, -0.25) is 24.2 Å². The molecule has 1 aliphatic heterocycles. The van der Waals surface area contributed by atoms with Crippen molar-refractivity contribution in [3.63, 3.8) is 0 Å². The molecule has 0 spiro atoms. The van der Waals surface area contributed by atoms with Crippen LogP contribution >= 0.6 is 11.6 Å². The maximum Gasteiger partial charge on any atom is 0.305 e. The summed E-state index contributed by atoms with van der Waals surface area (Å²) in [6, 6.07) is 8.14. The number of nitrogens with zero attached hydrogens (tertiary/aromatic N) is 2. The molecule has 192 valence electrons. The first-order chi connectivity index (χ1) is 17.2. The average Bonchev–Trinajstić information content (AvgIpc) is 3.59. The second-order valence-corrected chi connectivity index (χ2v) is 9.62. The lowest BCUT2D eigenvalue weighted by atomic mass is 10.00. The van der Waals surface area contributed by atoms with Crippen LogP contribution in [-0.4, -0.2) is 52.4 Å². The summed E-state index contributed by atoms with van der Waals surface area (Å²) in [4.78, 5) is 38.1. The average molecular weight is 521 g/mol. The van der Waals surface area contributed by atoms with Gasteiger partial charge in [0.1, 0.15) is 12.4 Å². The predicted octanol–water partition coefficient (Wildman–Crippen LogP) is 4.57. The van der Waals surface area contributed by atoms with Crippen LogP contribution in [0.3, 0.4) is 0 Å². The number of hydrogen-bond donors (Lipinski definition) is 1. The third kappa shape index (κ3) is 6.59. The van der Waals surface area contributed by atoms with Crippen molar-refractivity contribution in [1.29, 1.82) is 0 Å². The number of amides is 2. The first-order valence-electron chi connectivity index (χ1n) is 11.9. The molecule has 4 rings (SSSR count). The Bertz CT molecular complexity index is 1140. The molecule has 1 N–H and O–H groups in total. The van der Waals surface area contributed by atoms with E-state index in [0.717, 1.165) is 17.7 Å². The Hall–Kier alpha value is -3.04. The Morgan fingerprint density at radius 3 is 2.44 bits per heavy atom. The zero-order valence-electron chi connectivity index (χ0n) is 19.6. The molecule has 0 unspecified atom stereocenters. The van der Waals surface area contributed by atoms with Crippen LogP contribution in [0.25, 0.3) is 0 Å². The fraction of sp³-hybridized carbons (Fsp3) is 0.423. The van der Waals surface area contributed by atoms with E-state index in [1.54, 1.807) is 12.1 Å². The Morgan fingerprint density at radius 2 is 1.83 bits per heavy atom. The number of likely N-dealkylation sites (tertiary alicyclic amines) is 1. The Morgan fingerprint density at radius 1 is 1.11 bits per heavy atom. The summed E-state index contributed by atoms with van der Waals surface area (Å²) < 4.78 is 34.4.